The molecule has 0 heterocycles. The van der Waals surface area contributed by atoms with E-state index in [4.69, 9.17) is 9.84 Å². The zero-order valence-corrected chi connectivity index (χ0v) is 14.9. The number of benzene rings is 2. The maximum Gasteiger partial charge on any atom is 0.408 e. The first-order valence-electron chi connectivity index (χ1n) is 8.18. The van der Waals surface area contributed by atoms with Crippen molar-refractivity contribution in [3.8, 4) is 0 Å². The molecule has 28 heavy (non-hydrogen) atoms. The summed E-state index contributed by atoms with van der Waals surface area (Å²) in [6.07, 6.45) is -2.81. The minimum absolute atomic E-state index is 0. The van der Waals surface area contributed by atoms with Crippen LogP contribution in [-0.4, -0.2) is 45.9 Å². The number of aliphatic hydroxyl groups excluding tert-OH is 1. The smallest absolute Gasteiger partial charge is 0.408 e. The van der Waals surface area contributed by atoms with Crippen LogP contribution in [0.1, 0.15) is 11.1 Å². The number of ether oxygens (including phenoxy) is 1. The Morgan fingerprint density at radius 3 is 1.96 bits per heavy atom. The van der Waals surface area contributed by atoms with E-state index in [9.17, 15) is 19.5 Å². The van der Waals surface area contributed by atoms with Gasteiger partial charge in [0.05, 0.1) is 0 Å². The number of hydrogen-bond donors (Lipinski definition) is 4. The van der Waals surface area contributed by atoms with Crippen molar-refractivity contribution in [2.75, 3.05) is 0 Å². The molecule has 6 N–H and O–H groups in total. The largest absolute Gasteiger partial charge is 0.478 e. The first kappa shape index (κ1) is 22.6. The summed E-state index contributed by atoms with van der Waals surface area (Å²) in [4.78, 5) is 35.0. The molecule has 2 rings (SSSR count). The Bertz CT molecular complexity index is 768. The van der Waals surface area contributed by atoms with Crippen LogP contribution in [0.4, 0.5) is 4.79 Å². The first-order valence-corrected chi connectivity index (χ1v) is 8.18. The number of aliphatic carboxylic acids is 1. The van der Waals surface area contributed by atoms with Crippen LogP contribution >= 0.6 is 0 Å². The molecule has 2 aromatic rings. The van der Waals surface area contributed by atoms with Gasteiger partial charge in [0.25, 0.3) is 0 Å². The van der Waals surface area contributed by atoms with Crippen LogP contribution in [0, 0.1) is 0 Å². The van der Waals surface area contributed by atoms with Crippen molar-refractivity contribution >= 4 is 18.0 Å². The van der Waals surface area contributed by atoms with Crippen molar-refractivity contribution in [2.24, 2.45) is 0 Å². The minimum Gasteiger partial charge on any atom is -0.478 e. The summed E-state index contributed by atoms with van der Waals surface area (Å²) in [6, 6.07) is 16.7. The minimum atomic E-state index is -2.07. The van der Waals surface area contributed by atoms with E-state index in [0.29, 0.717) is 0 Å². The average Bonchev–Trinajstić information content (AvgIpc) is 2.67. The van der Waals surface area contributed by atoms with Gasteiger partial charge < -0.3 is 31.1 Å². The van der Waals surface area contributed by atoms with Gasteiger partial charge in [-0.15, -0.1) is 0 Å². The number of carboxylic acid groups (broad SMARTS) is 1. The van der Waals surface area contributed by atoms with Gasteiger partial charge in [-0.1, -0.05) is 60.7 Å². The molecule has 0 radical (unpaired) electrons. The summed E-state index contributed by atoms with van der Waals surface area (Å²) in [5, 5.41) is 22.4. The summed E-state index contributed by atoms with van der Waals surface area (Å²) in [7, 11) is 0. The van der Waals surface area contributed by atoms with Gasteiger partial charge in [0, 0.05) is 6.42 Å². The summed E-state index contributed by atoms with van der Waals surface area (Å²) < 4.78 is 5.09. The molecule has 2 aromatic carbocycles. The van der Waals surface area contributed by atoms with Crippen molar-refractivity contribution < 1.29 is 34.8 Å². The van der Waals surface area contributed by atoms with Gasteiger partial charge in [-0.05, 0) is 11.1 Å². The summed E-state index contributed by atoms with van der Waals surface area (Å²) in [5.74, 6) is -2.45. The van der Waals surface area contributed by atoms with Gasteiger partial charge in [-0.3, -0.25) is 4.79 Å². The third-order valence-corrected chi connectivity index (χ3v) is 3.62. The van der Waals surface area contributed by atoms with Gasteiger partial charge in [0.1, 0.15) is 12.6 Å². The van der Waals surface area contributed by atoms with Gasteiger partial charge in [0.2, 0.25) is 12.1 Å². The van der Waals surface area contributed by atoms with E-state index in [1.165, 1.54) is 0 Å². The third-order valence-electron chi connectivity index (χ3n) is 3.62. The topological polar surface area (TPSA) is 156 Å². The molecule has 0 aliphatic carbocycles. The SMILES string of the molecule is O.O=C(N[C@@H](Cc1ccccc1)C(=O)NC(O)C(=O)O)OCc1ccccc1. The van der Waals surface area contributed by atoms with Crippen molar-refractivity contribution in [3.05, 3.63) is 71.8 Å². The Balaban J connectivity index is 0.00000392. The highest BCUT2D eigenvalue weighted by Gasteiger charge is 2.26. The van der Waals surface area contributed by atoms with Crippen LogP contribution in [0.5, 0.6) is 0 Å². The number of alkyl carbamates (subject to hydrolysis) is 1. The van der Waals surface area contributed by atoms with Gasteiger partial charge in [-0.25, -0.2) is 9.59 Å². The monoisotopic (exact) mass is 390 g/mol. The fourth-order valence-electron chi connectivity index (χ4n) is 2.26. The standard InChI is InChI=1S/C19H20N2O6.H2O/c22-16(21-17(23)18(24)25)15(11-13-7-3-1-4-8-13)20-19(26)27-12-14-9-5-2-6-10-14;/h1-10,15,17,23H,11-12H2,(H,20,26)(H,21,22)(H,24,25);1H2/t15-,17?;/m0./s1. The van der Waals surface area contributed by atoms with Gasteiger partial charge in [-0.2, -0.15) is 0 Å². The molecule has 2 amide bonds. The van der Waals surface area contributed by atoms with Crippen molar-refractivity contribution in [3.63, 3.8) is 0 Å². The molecule has 0 saturated carbocycles. The lowest BCUT2D eigenvalue weighted by Gasteiger charge is -2.19. The second-order valence-electron chi connectivity index (χ2n) is 5.70. The Kier molecular flexibility index (Phi) is 9.14. The van der Waals surface area contributed by atoms with Crippen LogP contribution in [0.3, 0.4) is 0 Å². The second kappa shape index (κ2) is 11.3. The summed E-state index contributed by atoms with van der Waals surface area (Å²) in [6.45, 7) is 0.0180. The summed E-state index contributed by atoms with van der Waals surface area (Å²) in [5.41, 5.74) is 1.52. The van der Waals surface area contributed by atoms with Crippen molar-refractivity contribution in [1.29, 1.82) is 0 Å². The van der Waals surface area contributed by atoms with Crippen LogP contribution in [0.2, 0.25) is 0 Å². The molecule has 0 aromatic heterocycles. The van der Waals surface area contributed by atoms with E-state index in [-0.39, 0.29) is 18.5 Å². The fraction of sp³-hybridized carbons (Fsp3) is 0.211. The predicted octanol–water partition coefficient (Wildman–Crippen LogP) is 0.219. The lowest BCUT2D eigenvalue weighted by atomic mass is 10.1. The van der Waals surface area contributed by atoms with E-state index >= 15 is 0 Å². The quantitative estimate of drug-likeness (QED) is 0.472. The molecule has 0 aliphatic rings. The molecular weight excluding hydrogens is 368 g/mol. The zero-order chi connectivity index (χ0) is 19.6. The molecule has 0 bridgehead atoms. The van der Waals surface area contributed by atoms with Crippen LogP contribution in [-0.2, 0) is 27.4 Å². The lowest BCUT2D eigenvalue weighted by Crippen LogP contribution is -2.52. The zero-order valence-electron chi connectivity index (χ0n) is 14.9. The Morgan fingerprint density at radius 1 is 0.893 bits per heavy atom. The maximum atomic E-state index is 12.3. The number of hydrogen-bond acceptors (Lipinski definition) is 5. The van der Waals surface area contributed by atoms with Gasteiger partial charge >= 0.3 is 12.1 Å². The highest BCUT2D eigenvalue weighted by Crippen LogP contribution is 2.05. The van der Waals surface area contributed by atoms with Crippen LogP contribution < -0.4 is 10.6 Å². The molecule has 0 spiro atoms. The van der Waals surface area contributed by atoms with E-state index < -0.39 is 30.2 Å². The highest BCUT2D eigenvalue weighted by atomic mass is 16.5. The Hall–Kier alpha value is -3.43. The molecule has 2 atom stereocenters. The predicted molar refractivity (Wildman–Crippen MR) is 99.1 cm³/mol. The van der Waals surface area contributed by atoms with Crippen LogP contribution in [0.15, 0.2) is 60.7 Å². The number of carbonyl (C=O) groups is 3. The average molecular weight is 390 g/mol. The maximum absolute atomic E-state index is 12.3. The van der Waals surface area contributed by atoms with E-state index in [1.54, 1.807) is 54.6 Å². The lowest BCUT2D eigenvalue weighted by molar-refractivity contribution is -0.151. The van der Waals surface area contributed by atoms with Gasteiger partial charge in [0.15, 0.2) is 0 Å². The van der Waals surface area contributed by atoms with Crippen molar-refractivity contribution in [2.45, 2.75) is 25.3 Å². The fourth-order valence-corrected chi connectivity index (χ4v) is 2.26. The Morgan fingerprint density at radius 2 is 1.43 bits per heavy atom. The number of amides is 2. The number of carbonyl (C=O) groups excluding carboxylic acids is 2. The molecule has 1 unspecified atom stereocenters. The second-order valence-corrected chi connectivity index (χ2v) is 5.70. The van der Waals surface area contributed by atoms with Crippen molar-refractivity contribution in [1.82, 2.24) is 10.6 Å². The summed E-state index contributed by atoms with van der Waals surface area (Å²) >= 11 is 0. The molecule has 150 valence electrons. The van der Waals surface area contributed by atoms with E-state index in [1.807, 2.05) is 11.4 Å². The molecule has 9 nitrogen and oxygen atoms in total. The molecule has 9 heteroatoms. The molecule has 0 aliphatic heterocycles. The highest BCUT2D eigenvalue weighted by molar-refractivity contribution is 5.88. The molecule has 0 fully saturated rings. The third kappa shape index (κ3) is 7.44. The normalized spacial score (nSPS) is 12.0. The van der Waals surface area contributed by atoms with E-state index in [0.717, 1.165) is 11.1 Å². The first-order chi connectivity index (χ1) is 13.0. The van der Waals surface area contributed by atoms with E-state index in [2.05, 4.69) is 5.32 Å². The molecule has 0 saturated heterocycles. The van der Waals surface area contributed by atoms with Crippen LogP contribution in [0.25, 0.3) is 0 Å². The Labute approximate surface area is 161 Å². The number of aliphatic hydroxyl groups is 1. The molecular formula is C19H22N2O7. The number of nitrogens with one attached hydrogen (secondary N) is 2. The number of rotatable bonds is 8. The number of carboxylic acids is 1.